The van der Waals surface area contributed by atoms with Crippen LogP contribution in [-0.2, 0) is 9.53 Å². The predicted molar refractivity (Wildman–Crippen MR) is 98.3 cm³/mol. The largest absolute Gasteiger partial charge is 0.436 e. The van der Waals surface area contributed by atoms with Gasteiger partial charge >= 0.3 is 0 Å². The SMILES string of the molecule is Cc1ncccc1Oc1cncc(C2CCCN2C(=O)C2CCOCC2)n1. The zero-order valence-electron chi connectivity index (χ0n) is 15.5. The number of carbonyl (C=O) groups excluding carboxylic acids is 1. The van der Waals surface area contributed by atoms with Crippen LogP contribution in [0.3, 0.4) is 0 Å². The third kappa shape index (κ3) is 3.93. The topological polar surface area (TPSA) is 77.4 Å². The Hall–Kier alpha value is -2.54. The lowest BCUT2D eigenvalue weighted by molar-refractivity contribution is -0.139. The van der Waals surface area contributed by atoms with E-state index in [0.717, 1.165) is 43.6 Å². The lowest BCUT2D eigenvalue weighted by atomic mass is 9.98. The van der Waals surface area contributed by atoms with Crippen molar-refractivity contribution >= 4 is 5.91 Å². The lowest BCUT2D eigenvalue weighted by Gasteiger charge is -2.30. The summed E-state index contributed by atoms with van der Waals surface area (Å²) in [4.78, 5) is 28.1. The van der Waals surface area contributed by atoms with Gasteiger partial charge in [0.25, 0.3) is 0 Å². The molecule has 0 aliphatic carbocycles. The van der Waals surface area contributed by atoms with Gasteiger partial charge in [-0.05, 0) is 44.7 Å². The third-order valence-corrected chi connectivity index (χ3v) is 5.25. The third-order valence-electron chi connectivity index (χ3n) is 5.25. The second-order valence-corrected chi connectivity index (χ2v) is 7.05. The fraction of sp³-hybridized carbons (Fsp3) is 0.500. The Kier molecular flexibility index (Phi) is 5.29. The van der Waals surface area contributed by atoms with Crippen LogP contribution < -0.4 is 4.74 Å². The standard InChI is InChI=1S/C20H24N4O3/c1-14-18(5-2-8-22-14)27-19-13-21-12-16(23-19)17-4-3-9-24(17)20(25)15-6-10-26-11-7-15/h2,5,8,12-13,15,17H,3-4,6-7,9-11H2,1H3. The molecule has 0 bridgehead atoms. The zero-order chi connectivity index (χ0) is 18.6. The van der Waals surface area contributed by atoms with E-state index in [1.54, 1.807) is 18.6 Å². The van der Waals surface area contributed by atoms with Crippen LogP contribution in [0.2, 0.25) is 0 Å². The van der Waals surface area contributed by atoms with E-state index in [0.29, 0.717) is 24.8 Å². The van der Waals surface area contributed by atoms with Crippen molar-refractivity contribution in [3.63, 3.8) is 0 Å². The predicted octanol–water partition coefficient (Wildman–Crippen LogP) is 3.06. The minimum Gasteiger partial charge on any atom is -0.436 e. The summed E-state index contributed by atoms with van der Waals surface area (Å²) in [6.07, 6.45) is 8.54. The first-order valence-electron chi connectivity index (χ1n) is 9.52. The number of likely N-dealkylation sites (tertiary alicyclic amines) is 1. The van der Waals surface area contributed by atoms with Gasteiger partial charge in [0.2, 0.25) is 11.8 Å². The smallest absolute Gasteiger partial charge is 0.238 e. The molecular weight excluding hydrogens is 344 g/mol. The van der Waals surface area contributed by atoms with E-state index in [2.05, 4.69) is 15.0 Å². The molecule has 0 saturated carbocycles. The summed E-state index contributed by atoms with van der Waals surface area (Å²) in [7, 11) is 0. The maximum absolute atomic E-state index is 13.0. The normalized spacial score (nSPS) is 20.6. The van der Waals surface area contributed by atoms with Crippen LogP contribution in [0.5, 0.6) is 11.6 Å². The molecule has 4 rings (SSSR count). The molecule has 2 aromatic heterocycles. The molecule has 1 atom stereocenters. The molecule has 1 amide bonds. The first kappa shape index (κ1) is 17.9. The number of pyridine rings is 1. The Balaban J connectivity index is 1.52. The average molecular weight is 368 g/mol. The van der Waals surface area contributed by atoms with Gasteiger partial charge in [-0.1, -0.05) is 0 Å². The van der Waals surface area contributed by atoms with Crippen LogP contribution in [0, 0.1) is 12.8 Å². The molecule has 2 saturated heterocycles. The molecule has 2 aliphatic rings. The molecule has 0 N–H and O–H groups in total. The lowest BCUT2D eigenvalue weighted by Crippen LogP contribution is -2.38. The number of hydrogen-bond acceptors (Lipinski definition) is 6. The molecule has 27 heavy (non-hydrogen) atoms. The fourth-order valence-corrected chi connectivity index (χ4v) is 3.78. The number of aromatic nitrogens is 3. The maximum Gasteiger partial charge on any atom is 0.238 e. The molecular formula is C20H24N4O3. The van der Waals surface area contributed by atoms with E-state index in [1.807, 2.05) is 24.0 Å². The van der Waals surface area contributed by atoms with Gasteiger partial charge in [-0.2, -0.15) is 0 Å². The van der Waals surface area contributed by atoms with Gasteiger partial charge in [-0.3, -0.25) is 14.8 Å². The summed E-state index contributed by atoms with van der Waals surface area (Å²) >= 11 is 0. The molecule has 142 valence electrons. The summed E-state index contributed by atoms with van der Waals surface area (Å²) in [5.74, 6) is 1.36. The number of hydrogen-bond donors (Lipinski definition) is 0. The van der Waals surface area contributed by atoms with Gasteiger partial charge in [0.1, 0.15) is 0 Å². The zero-order valence-corrected chi connectivity index (χ0v) is 15.5. The first-order valence-corrected chi connectivity index (χ1v) is 9.52. The summed E-state index contributed by atoms with van der Waals surface area (Å²) in [5, 5.41) is 0. The van der Waals surface area contributed by atoms with E-state index < -0.39 is 0 Å². The van der Waals surface area contributed by atoms with Crippen molar-refractivity contribution in [1.29, 1.82) is 0 Å². The summed E-state index contributed by atoms with van der Waals surface area (Å²) in [6, 6.07) is 3.64. The molecule has 4 heterocycles. The number of aryl methyl sites for hydroxylation is 1. The minimum atomic E-state index is -0.0357. The van der Waals surface area contributed by atoms with Crippen molar-refractivity contribution in [1.82, 2.24) is 19.9 Å². The molecule has 7 heteroatoms. The molecule has 2 fully saturated rings. The Morgan fingerprint density at radius 2 is 2.11 bits per heavy atom. The monoisotopic (exact) mass is 368 g/mol. The van der Waals surface area contributed by atoms with Gasteiger partial charge in [0, 0.05) is 31.9 Å². The van der Waals surface area contributed by atoms with Crippen molar-refractivity contribution < 1.29 is 14.3 Å². The van der Waals surface area contributed by atoms with Crippen LogP contribution >= 0.6 is 0 Å². The van der Waals surface area contributed by atoms with Crippen LogP contribution in [0.1, 0.15) is 43.1 Å². The highest BCUT2D eigenvalue weighted by molar-refractivity contribution is 5.79. The number of nitrogens with zero attached hydrogens (tertiary/aromatic N) is 4. The Morgan fingerprint density at radius 1 is 1.26 bits per heavy atom. The van der Waals surface area contributed by atoms with E-state index in [1.165, 1.54) is 0 Å². The number of rotatable bonds is 4. The van der Waals surface area contributed by atoms with Crippen LogP contribution in [0.25, 0.3) is 0 Å². The van der Waals surface area contributed by atoms with Crippen LogP contribution in [0.15, 0.2) is 30.7 Å². The molecule has 0 spiro atoms. The first-order chi connectivity index (χ1) is 13.2. The highest BCUT2D eigenvalue weighted by atomic mass is 16.5. The number of carbonyl (C=O) groups is 1. The van der Waals surface area contributed by atoms with Crippen molar-refractivity contribution in [3.05, 3.63) is 42.1 Å². The second-order valence-electron chi connectivity index (χ2n) is 7.05. The van der Waals surface area contributed by atoms with Crippen molar-refractivity contribution in [3.8, 4) is 11.6 Å². The summed E-state index contributed by atoms with van der Waals surface area (Å²) in [6.45, 7) is 4.00. The van der Waals surface area contributed by atoms with Crippen molar-refractivity contribution in [2.45, 2.75) is 38.6 Å². The number of amides is 1. The van der Waals surface area contributed by atoms with Gasteiger partial charge in [-0.15, -0.1) is 0 Å². The van der Waals surface area contributed by atoms with Gasteiger partial charge in [0.15, 0.2) is 5.75 Å². The molecule has 2 aliphatic heterocycles. The Morgan fingerprint density at radius 3 is 2.93 bits per heavy atom. The molecule has 0 aromatic carbocycles. The maximum atomic E-state index is 13.0. The average Bonchev–Trinajstić information content (AvgIpc) is 3.20. The molecule has 0 radical (unpaired) electrons. The van der Waals surface area contributed by atoms with Gasteiger partial charge in [-0.25, -0.2) is 4.98 Å². The van der Waals surface area contributed by atoms with E-state index in [9.17, 15) is 4.79 Å². The molecule has 1 unspecified atom stereocenters. The van der Waals surface area contributed by atoms with Gasteiger partial charge in [0.05, 0.1) is 29.8 Å². The summed E-state index contributed by atoms with van der Waals surface area (Å²) < 4.78 is 11.3. The van der Waals surface area contributed by atoms with E-state index >= 15 is 0 Å². The summed E-state index contributed by atoms with van der Waals surface area (Å²) in [5.41, 5.74) is 1.58. The van der Waals surface area contributed by atoms with Crippen molar-refractivity contribution in [2.24, 2.45) is 5.92 Å². The Bertz CT molecular complexity index is 807. The van der Waals surface area contributed by atoms with Gasteiger partial charge < -0.3 is 14.4 Å². The van der Waals surface area contributed by atoms with E-state index in [4.69, 9.17) is 9.47 Å². The Labute approximate surface area is 158 Å². The van der Waals surface area contributed by atoms with Crippen LogP contribution in [0.4, 0.5) is 0 Å². The highest BCUT2D eigenvalue weighted by Crippen LogP contribution is 2.34. The minimum absolute atomic E-state index is 0.0357. The molecule has 7 nitrogen and oxygen atoms in total. The van der Waals surface area contributed by atoms with Crippen LogP contribution in [-0.4, -0.2) is 45.5 Å². The second kappa shape index (κ2) is 8.00. The molecule has 2 aromatic rings. The van der Waals surface area contributed by atoms with Crippen molar-refractivity contribution in [2.75, 3.05) is 19.8 Å². The van der Waals surface area contributed by atoms with E-state index in [-0.39, 0.29) is 17.9 Å². The quantitative estimate of drug-likeness (QED) is 0.825. The number of ether oxygens (including phenoxy) is 2. The highest BCUT2D eigenvalue weighted by Gasteiger charge is 2.35. The fourth-order valence-electron chi connectivity index (χ4n) is 3.78.